The molecule has 26 heavy (non-hydrogen) atoms. The number of nitrogens with zero attached hydrogens (tertiary/aromatic N) is 3. The molecule has 0 fully saturated rings. The molecule has 0 saturated heterocycles. The number of allylic oxidation sites excluding steroid dienone is 4. The number of rotatable bonds is 2. The van der Waals surface area contributed by atoms with E-state index in [-0.39, 0.29) is 59.8 Å². The Kier molecular flexibility index (Phi) is 7.80. The van der Waals surface area contributed by atoms with E-state index in [0.29, 0.717) is 5.70 Å². The first-order chi connectivity index (χ1) is 11.4. The molecule has 1 atom stereocenters. The second-order valence-corrected chi connectivity index (χ2v) is 5.48. The molecule has 1 radical (unpaired) electrons. The number of aromatic amines is 1. The summed E-state index contributed by atoms with van der Waals surface area (Å²) in [6.45, 7) is 5.60. The molecule has 0 amide bonds. The van der Waals surface area contributed by atoms with E-state index in [1.807, 2.05) is 6.92 Å². The molecule has 1 N–H and O–H groups in total. The Balaban J connectivity index is 0.00000169. The van der Waals surface area contributed by atoms with Gasteiger partial charge in [0.05, 0.1) is 5.39 Å². The van der Waals surface area contributed by atoms with Crippen molar-refractivity contribution in [3.63, 3.8) is 0 Å². The summed E-state index contributed by atoms with van der Waals surface area (Å²) < 4.78 is 14.8. The second kappa shape index (κ2) is 8.97. The molecule has 2 aromatic rings. The van der Waals surface area contributed by atoms with Crippen molar-refractivity contribution in [2.75, 3.05) is 0 Å². The number of halogens is 2. The van der Waals surface area contributed by atoms with Crippen LogP contribution in [0.1, 0.15) is 6.92 Å². The fourth-order valence-corrected chi connectivity index (χ4v) is 2.60. The molecule has 3 heterocycles. The molecular formula is C17H14ClFN4O2Pr-2. The third-order valence-electron chi connectivity index (χ3n) is 3.65. The first kappa shape index (κ1) is 22.6. The molecule has 0 spiro atoms. The van der Waals surface area contributed by atoms with Crippen LogP contribution in [0.2, 0.25) is 5.15 Å². The summed E-state index contributed by atoms with van der Waals surface area (Å²) in [6, 6.07) is 0.936. The summed E-state index contributed by atoms with van der Waals surface area (Å²) in [5.41, 5.74) is -0.423. The fourth-order valence-electron chi connectivity index (χ4n) is 2.47. The van der Waals surface area contributed by atoms with Crippen LogP contribution < -0.4 is 11.2 Å². The monoisotopic (exact) mass is 501 g/mol. The molecule has 6 nitrogen and oxygen atoms in total. The topological polar surface area (TPSA) is 80.1 Å². The van der Waals surface area contributed by atoms with E-state index in [4.69, 9.17) is 11.6 Å². The van der Waals surface area contributed by atoms with E-state index in [0.717, 1.165) is 16.2 Å². The maximum absolute atomic E-state index is 13.7. The van der Waals surface area contributed by atoms with E-state index >= 15 is 0 Å². The SMILES string of the molecule is C=CC1C(n2c(=O)[nH]c(=O)c3cc(F)c(Cl)nc32)=[C-]N=CC=C1C.[CH3-].[Pr]. The third kappa shape index (κ3) is 3.95. The van der Waals surface area contributed by atoms with E-state index in [1.54, 1.807) is 12.2 Å². The van der Waals surface area contributed by atoms with Gasteiger partial charge in [-0.15, -0.1) is 25.1 Å². The maximum Gasteiger partial charge on any atom is 0.333 e. The zero-order valence-electron chi connectivity index (χ0n) is 14.1. The number of fused-ring (bicyclic) bond motifs is 1. The zero-order valence-corrected chi connectivity index (χ0v) is 18.5. The Hall–Kier alpha value is -1.44. The van der Waals surface area contributed by atoms with E-state index < -0.39 is 28.1 Å². The molecule has 0 saturated carbocycles. The van der Waals surface area contributed by atoms with E-state index in [1.165, 1.54) is 6.21 Å². The minimum Gasteiger partial charge on any atom is -0.457 e. The average molecular weight is 502 g/mol. The Morgan fingerprint density at radius 3 is 2.81 bits per heavy atom. The molecule has 1 unspecified atom stereocenters. The molecule has 2 aromatic heterocycles. The van der Waals surface area contributed by atoms with Gasteiger partial charge in [-0.1, -0.05) is 23.3 Å². The molecule has 0 aliphatic carbocycles. The Morgan fingerprint density at radius 2 is 2.15 bits per heavy atom. The number of aliphatic imine (C=N–C) groups is 1. The van der Waals surface area contributed by atoms with Crippen molar-refractivity contribution in [1.29, 1.82) is 0 Å². The van der Waals surface area contributed by atoms with Crippen LogP contribution in [-0.4, -0.2) is 20.7 Å². The van der Waals surface area contributed by atoms with Crippen LogP contribution in [0.25, 0.3) is 16.7 Å². The number of aromatic nitrogens is 3. The van der Waals surface area contributed by atoms with Gasteiger partial charge < -0.3 is 12.4 Å². The van der Waals surface area contributed by atoms with Gasteiger partial charge in [-0.05, 0) is 18.7 Å². The standard InChI is InChI=1S/C16H11ClFN4O2.CH3.Pr/c1-3-9-8(2)4-5-19-7-12(9)22-14-10(15(23)21-16(22)24)6-11(18)13(17)20-14;;/h3-6,9H,1H2,2H3,(H,21,23,24);1H3;/q2*-1;. The van der Waals surface area contributed by atoms with Crippen molar-refractivity contribution in [3.8, 4) is 0 Å². The number of nitrogens with one attached hydrogen (secondary N) is 1. The summed E-state index contributed by atoms with van der Waals surface area (Å²) >= 11 is 5.73. The van der Waals surface area contributed by atoms with Crippen LogP contribution in [0.5, 0.6) is 0 Å². The Bertz CT molecular complexity index is 1070. The van der Waals surface area contributed by atoms with Crippen molar-refractivity contribution in [2.45, 2.75) is 6.92 Å². The van der Waals surface area contributed by atoms with Crippen molar-refractivity contribution in [1.82, 2.24) is 14.5 Å². The summed E-state index contributed by atoms with van der Waals surface area (Å²) in [4.78, 5) is 34.3. The average Bonchev–Trinajstić information content (AvgIpc) is 2.71. The van der Waals surface area contributed by atoms with Gasteiger partial charge >= 0.3 is 5.69 Å². The number of hydrogen-bond donors (Lipinski definition) is 1. The normalized spacial score (nSPS) is 16.0. The van der Waals surface area contributed by atoms with Gasteiger partial charge in [-0.3, -0.25) is 14.3 Å². The summed E-state index contributed by atoms with van der Waals surface area (Å²) in [7, 11) is 0. The molecule has 0 bridgehead atoms. The van der Waals surface area contributed by atoms with Gasteiger partial charge in [-0.25, -0.2) is 14.2 Å². The van der Waals surface area contributed by atoms with Gasteiger partial charge in [0.25, 0.3) is 5.56 Å². The van der Waals surface area contributed by atoms with Gasteiger partial charge in [0.1, 0.15) is 0 Å². The zero-order chi connectivity index (χ0) is 17.4. The van der Waals surface area contributed by atoms with E-state index in [2.05, 4.69) is 27.7 Å². The summed E-state index contributed by atoms with van der Waals surface area (Å²) in [5, 5.41) is -0.551. The summed E-state index contributed by atoms with van der Waals surface area (Å²) in [5.74, 6) is -1.25. The number of hydrogen-bond acceptors (Lipinski definition) is 4. The van der Waals surface area contributed by atoms with E-state index in [9.17, 15) is 14.0 Å². The predicted molar refractivity (Wildman–Crippen MR) is 96.9 cm³/mol. The summed E-state index contributed by atoms with van der Waals surface area (Å²) in [6.07, 6.45) is 7.63. The van der Waals surface area contributed by atoms with Gasteiger partial charge in [0.15, 0.2) is 16.6 Å². The minimum absolute atomic E-state index is 0. The number of pyridine rings is 1. The fraction of sp³-hybridized carbons (Fsp3) is 0.118. The van der Waals surface area contributed by atoms with Crippen molar-refractivity contribution < 1.29 is 45.7 Å². The second-order valence-electron chi connectivity index (χ2n) is 5.13. The number of H-pyrrole nitrogens is 1. The predicted octanol–water partition coefficient (Wildman–Crippen LogP) is 2.76. The molecule has 9 heteroatoms. The molecule has 3 rings (SSSR count). The van der Waals surface area contributed by atoms with Crippen LogP contribution >= 0.6 is 11.6 Å². The smallest absolute Gasteiger partial charge is 0.333 e. The van der Waals surface area contributed by atoms with Crippen LogP contribution in [0.3, 0.4) is 0 Å². The molecule has 133 valence electrons. The Labute approximate surface area is 187 Å². The van der Waals surface area contributed by atoms with Crippen LogP contribution in [-0.2, 0) is 0 Å². The Morgan fingerprint density at radius 1 is 1.46 bits per heavy atom. The molecular weight excluding hydrogens is 488 g/mol. The minimum atomic E-state index is -0.854. The van der Waals surface area contributed by atoms with Crippen LogP contribution in [0.15, 0.2) is 45.0 Å². The first-order valence-corrected chi connectivity index (χ1v) is 7.28. The molecule has 1 aliphatic rings. The first-order valence-electron chi connectivity index (χ1n) is 6.90. The van der Waals surface area contributed by atoms with Crippen molar-refractivity contribution in [2.24, 2.45) is 10.9 Å². The van der Waals surface area contributed by atoms with Gasteiger partial charge in [0, 0.05) is 47.2 Å². The van der Waals surface area contributed by atoms with Crippen LogP contribution in [0.4, 0.5) is 4.39 Å². The third-order valence-corrected chi connectivity index (χ3v) is 3.91. The molecule has 1 aliphatic heterocycles. The van der Waals surface area contributed by atoms with Crippen molar-refractivity contribution in [3.05, 3.63) is 75.8 Å². The van der Waals surface area contributed by atoms with Crippen molar-refractivity contribution >= 4 is 34.5 Å². The van der Waals surface area contributed by atoms with Crippen LogP contribution in [0, 0.1) is 66.7 Å². The van der Waals surface area contributed by atoms with Gasteiger partial charge in [0.2, 0.25) is 0 Å². The maximum atomic E-state index is 13.7. The molecule has 0 aromatic carbocycles. The largest absolute Gasteiger partial charge is 0.457 e. The van der Waals surface area contributed by atoms with Gasteiger partial charge in [-0.2, -0.15) is 0 Å². The quantitative estimate of drug-likeness (QED) is 0.390.